The number of hydrogen-bond acceptors (Lipinski definition) is 10. The molecule has 3 aliphatic rings. The van der Waals surface area contributed by atoms with E-state index in [4.69, 9.17) is 15.7 Å². The fraction of sp³-hybridized carbons (Fsp3) is 0.553. The normalized spacial score (nSPS) is 17.4. The van der Waals surface area contributed by atoms with E-state index in [2.05, 4.69) is 38.2 Å². The molecule has 1 aromatic heterocycles. The number of aldehydes is 1. The van der Waals surface area contributed by atoms with Crippen molar-refractivity contribution in [2.75, 3.05) is 70.9 Å². The lowest BCUT2D eigenvalue weighted by Crippen LogP contribution is -2.47. The summed E-state index contributed by atoms with van der Waals surface area (Å²) >= 11 is 0. The minimum absolute atomic E-state index is 0.160. The van der Waals surface area contributed by atoms with Gasteiger partial charge in [-0.3, -0.25) is 14.5 Å². The number of halogens is 1. The summed E-state index contributed by atoms with van der Waals surface area (Å²) in [4.78, 5) is 55.9. The van der Waals surface area contributed by atoms with E-state index in [0.717, 1.165) is 124 Å². The zero-order valence-electron chi connectivity index (χ0n) is 35.7. The molecule has 13 heteroatoms. The zero-order valence-corrected chi connectivity index (χ0v) is 35.7. The Hall–Kier alpha value is -4.72. The highest BCUT2D eigenvalue weighted by Gasteiger charge is 2.39. The number of aryl methyl sites for hydroxylation is 1. The number of benzene rings is 2. The van der Waals surface area contributed by atoms with Crippen molar-refractivity contribution in [2.24, 2.45) is 5.73 Å². The maximum atomic E-state index is 14.9. The number of aromatic nitrogens is 2. The van der Waals surface area contributed by atoms with Gasteiger partial charge in [-0.2, -0.15) is 0 Å². The van der Waals surface area contributed by atoms with Crippen LogP contribution in [-0.2, 0) is 22.6 Å². The van der Waals surface area contributed by atoms with Gasteiger partial charge >= 0.3 is 0 Å². The van der Waals surface area contributed by atoms with Crippen LogP contribution in [0.2, 0.25) is 0 Å². The SMILES string of the molecule is CNC(=O)C(CCC=O)N1Cc2c(cc(F)cc2C2CCN(CCCCCCCCCc3cc(N4CCN(CCO)CC4)nc(C(=C(C)N)c4ccccc4)n3)CC2)C1=O. The molecule has 324 valence electrons. The maximum absolute atomic E-state index is 14.9. The number of allylic oxidation sites excluding steroid dienone is 1. The molecule has 60 heavy (non-hydrogen) atoms. The Kier molecular flexibility index (Phi) is 16.6. The standard InChI is InChI=1S/C47H65FN8O4/c1-34(49)44(36-14-9-8-10-15-36)45-51-38(32-43(52-45)55-25-23-54(24-26-55)27-29-58)16-11-6-4-3-5-7-12-20-53-21-18-35(19-22-53)39-30-37(48)31-40-41(39)33-56(47(40)60)42(17-13-28-57)46(59)50-2/h8-10,14-15,28,30-32,35,42,58H,3-7,11-13,16-27,29,33,49H2,1-2H3,(H,50,59). The van der Waals surface area contributed by atoms with Crippen LogP contribution >= 0.6 is 0 Å². The number of likely N-dealkylation sites (tertiary alicyclic amines) is 1. The average Bonchev–Trinajstić information content (AvgIpc) is 3.58. The van der Waals surface area contributed by atoms with Crippen LogP contribution in [0.4, 0.5) is 10.2 Å². The Morgan fingerprint density at radius 3 is 2.28 bits per heavy atom. The van der Waals surface area contributed by atoms with Crippen molar-refractivity contribution >= 4 is 29.5 Å². The summed E-state index contributed by atoms with van der Waals surface area (Å²) < 4.78 is 14.9. The van der Waals surface area contributed by atoms with Crippen LogP contribution in [0.1, 0.15) is 122 Å². The summed E-state index contributed by atoms with van der Waals surface area (Å²) in [5.74, 6) is 0.704. The molecule has 3 aliphatic heterocycles. The highest BCUT2D eigenvalue weighted by Crippen LogP contribution is 2.38. The van der Waals surface area contributed by atoms with E-state index >= 15 is 0 Å². The van der Waals surface area contributed by atoms with Gasteiger partial charge in [-0.25, -0.2) is 14.4 Å². The second kappa shape index (κ2) is 22.2. The molecule has 0 bridgehead atoms. The zero-order chi connectivity index (χ0) is 42.4. The number of piperazine rings is 1. The van der Waals surface area contributed by atoms with Gasteiger partial charge < -0.3 is 35.7 Å². The summed E-state index contributed by atoms with van der Waals surface area (Å²) in [7, 11) is 1.52. The highest BCUT2D eigenvalue weighted by molar-refractivity contribution is 6.01. The monoisotopic (exact) mass is 825 g/mol. The number of aliphatic hydroxyl groups is 1. The number of nitrogens with one attached hydrogen (secondary N) is 1. The number of unbranched alkanes of at least 4 members (excludes halogenated alkanes) is 6. The third-order valence-electron chi connectivity index (χ3n) is 12.5. The van der Waals surface area contributed by atoms with Crippen LogP contribution in [0, 0.1) is 5.82 Å². The number of aliphatic hydroxyl groups excluding tert-OH is 1. The van der Waals surface area contributed by atoms with Gasteiger partial charge in [-0.05, 0) is 99.8 Å². The first-order chi connectivity index (χ1) is 29.2. The number of carbonyl (C=O) groups excluding carboxylic acids is 3. The number of rotatable bonds is 21. The van der Waals surface area contributed by atoms with Crippen molar-refractivity contribution in [3.63, 3.8) is 0 Å². The second-order valence-corrected chi connectivity index (χ2v) is 16.7. The summed E-state index contributed by atoms with van der Waals surface area (Å²) in [6.07, 6.45) is 12.0. The summed E-state index contributed by atoms with van der Waals surface area (Å²) in [5, 5.41) is 12.0. The number of hydrogen-bond donors (Lipinski definition) is 3. The number of nitrogens with two attached hydrogens (primary N) is 1. The van der Waals surface area contributed by atoms with Crippen molar-refractivity contribution in [1.82, 2.24) is 30.0 Å². The van der Waals surface area contributed by atoms with Crippen LogP contribution in [0.3, 0.4) is 0 Å². The lowest BCUT2D eigenvalue weighted by molar-refractivity contribution is -0.125. The first-order valence-corrected chi connectivity index (χ1v) is 22.2. The van der Waals surface area contributed by atoms with Gasteiger partial charge in [0.2, 0.25) is 5.91 Å². The Labute approximate surface area is 355 Å². The first-order valence-electron chi connectivity index (χ1n) is 22.2. The van der Waals surface area contributed by atoms with Gasteiger partial charge in [0.25, 0.3) is 5.91 Å². The Morgan fingerprint density at radius 2 is 1.62 bits per heavy atom. The Morgan fingerprint density at radius 1 is 0.933 bits per heavy atom. The minimum Gasteiger partial charge on any atom is -0.402 e. The van der Waals surface area contributed by atoms with Crippen LogP contribution in [0.5, 0.6) is 0 Å². The summed E-state index contributed by atoms with van der Waals surface area (Å²) in [6, 6.07) is 14.4. The van der Waals surface area contributed by atoms with Crippen LogP contribution in [-0.4, -0.2) is 120 Å². The summed E-state index contributed by atoms with van der Waals surface area (Å²) in [5.41, 5.74) is 12.2. The number of piperidine rings is 1. The molecular weight excluding hydrogens is 760 g/mol. The fourth-order valence-corrected chi connectivity index (χ4v) is 9.22. The third kappa shape index (κ3) is 11.6. The van der Waals surface area contributed by atoms with Crippen molar-refractivity contribution in [3.05, 3.63) is 93.8 Å². The number of anilines is 1. The van der Waals surface area contributed by atoms with Gasteiger partial charge in [0, 0.05) is 81.3 Å². The van der Waals surface area contributed by atoms with E-state index in [0.29, 0.717) is 23.6 Å². The molecule has 0 spiro atoms. The molecule has 4 N–H and O–H groups in total. The molecule has 1 unspecified atom stereocenters. The van der Waals surface area contributed by atoms with E-state index in [-0.39, 0.29) is 43.7 Å². The molecule has 3 aromatic rings. The molecule has 2 fully saturated rings. The highest BCUT2D eigenvalue weighted by atomic mass is 19.1. The summed E-state index contributed by atoms with van der Waals surface area (Å²) in [6.45, 7) is 9.47. The maximum Gasteiger partial charge on any atom is 0.255 e. The minimum atomic E-state index is -0.765. The quantitative estimate of drug-likeness (QED) is 0.0907. The van der Waals surface area contributed by atoms with Crippen molar-refractivity contribution < 1.29 is 23.9 Å². The number of carbonyl (C=O) groups is 3. The van der Waals surface area contributed by atoms with Crippen LogP contribution in [0.25, 0.3) is 5.57 Å². The molecule has 0 saturated carbocycles. The van der Waals surface area contributed by atoms with Gasteiger partial charge in [-0.15, -0.1) is 0 Å². The number of amides is 2. The molecule has 2 amide bonds. The fourth-order valence-electron chi connectivity index (χ4n) is 9.22. The molecule has 12 nitrogen and oxygen atoms in total. The molecule has 4 heterocycles. The molecule has 0 aliphatic carbocycles. The van der Waals surface area contributed by atoms with E-state index in [1.54, 1.807) is 6.07 Å². The smallest absolute Gasteiger partial charge is 0.255 e. The number of nitrogens with zero attached hydrogens (tertiary/aromatic N) is 6. The van der Waals surface area contributed by atoms with Gasteiger partial charge in [0.1, 0.15) is 24.0 Å². The molecule has 2 saturated heterocycles. The predicted octanol–water partition coefficient (Wildman–Crippen LogP) is 5.67. The van der Waals surface area contributed by atoms with Gasteiger partial charge in [0.05, 0.1) is 6.61 Å². The van der Waals surface area contributed by atoms with E-state index < -0.39 is 11.9 Å². The molecule has 0 radical (unpaired) electrons. The van der Waals surface area contributed by atoms with Crippen molar-refractivity contribution in [2.45, 2.75) is 102 Å². The third-order valence-corrected chi connectivity index (χ3v) is 12.5. The molecule has 1 atom stereocenters. The molecule has 2 aromatic carbocycles. The Bertz CT molecular complexity index is 1920. The van der Waals surface area contributed by atoms with E-state index in [1.165, 1.54) is 43.7 Å². The second-order valence-electron chi connectivity index (χ2n) is 16.7. The molecular formula is C47H65FN8O4. The van der Waals surface area contributed by atoms with Crippen LogP contribution in [0.15, 0.2) is 54.2 Å². The topological polar surface area (TPSA) is 148 Å². The first kappa shape index (κ1) is 44.8. The van der Waals surface area contributed by atoms with Gasteiger partial charge in [-0.1, -0.05) is 62.4 Å². The van der Waals surface area contributed by atoms with E-state index in [9.17, 15) is 23.9 Å². The lowest BCUT2D eigenvalue weighted by atomic mass is 9.85. The predicted molar refractivity (Wildman–Crippen MR) is 234 cm³/mol. The number of fused-ring (bicyclic) bond motifs is 1. The Balaban J connectivity index is 0.935. The number of β-amino-alcohol motifs (C(OH)–C–C–N with tert-alkyl or cyclic N) is 1. The lowest BCUT2D eigenvalue weighted by Gasteiger charge is -2.35. The average molecular weight is 825 g/mol. The van der Waals surface area contributed by atoms with Gasteiger partial charge in [0.15, 0.2) is 5.82 Å². The molecule has 6 rings (SSSR count). The van der Waals surface area contributed by atoms with Crippen LogP contribution < -0.4 is 16.0 Å². The van der Waals surface area contributed by atoms with Crippen molar-refractivity contribution in [3.8, 4) is 0 Å². The largest absolute Gasteiger partial charge is 0.402 e. The van der Waals surface area contributed by atoms with Crippen molar-refractivity contribution in [1.29, 1.82) is 0 Å². The van der Waals surface area contributed by atoms with E-state index in [1.807, 2.05) is 25.1 Å². The number of likely N-dealkylation sites (N-methyl/N-ethyl adjacent to an activating group) is 1.